The number of aryl methyl sites for hydroxylation is 1. The van der Waals surface area contributed by atoms with E-state index in [1.165, 1.54) is 0 Å². The highest BCUT2D eigenvalue weighted by molar-refractivity contribution is 5.86. The van der Waals surface area contributed by atoms with Crippen molar-refractivity contribution in [3.63, 3.8) is 0 Å². The number of hydrogen-bond donors (Lipinski definition) is 1. The molecule has 1 N–H and O–H groups in total. The number of hydrogen-bond acceptors (Lipinski definition) is 5. The Morgan fingerprint density at radius 2 is 2.31 bits per heavy atom. The van der Waals surface area contributed by atoms with E-state index in [1.807, 2.05) is 0 Å². The van der Waals surface area contributed by atoms with Crippen molar-refractivity contribution < 1.29 is 9.53 Å². The largest absolute Gasteiger partial charge is 0.461 e. The third-order valence-corrected chi connectivity index (χ3v) is 1.99. The molecule has 7 heteroatoms. The van der Waals surface area contributed by atoms with Crippen molar-refractivity contribution in [3.05, 3.63) is 27.8 Å². The lowest BCUT2D eigenvalue weighted by Gasteiger charge is -1.99. The molecule has 0 aliphatic carbocycles. The second-order valence-electron chi connectivity index (χ2n) is 3.21. The van der Waals surface area contributed by atoms with E-state index in [0.29, 0.717) is 5.65 Å². The summed E-state index contributed by atoms with van der Waals surface area (Å²) in [4.78, 5) is 23.2. The van der Waals surface area contributed by atoms with Gasteiger partial charge >= 0.3 is 11.5 Å². The highest BCUT2D eigenvalue weighted by atomic mass is 16.5. The summed E-state index contributed by atoms with van der Waals surface area (Å²) in [6.45, 7) is 3.62. The summed E-state index contributed by atoms with van der Waals surface area (Å²) in [5, 5.41) is 10.1. The lowest BCUT2D eigenvalue weighted by Crippen LogP contribution is -2.26. The minimum atomic E-state index is -0.762. The average molecular weight is 222 g/mol. The van der Waals surface area contributed by atoms with Crippen molar-refractivity contribution in [3.8, 4) is 0 Å². The van der Waals surface area contributed by atoms with Gasteiger partial charge in [-0.05, 0) is 13.8 Å². The van der Waals surface area contributed by atoms with Gasteiger partial charge in [0, 0.05) is 11.8 Å². The van der Waals surface area contributed by atoms with E-state index in [1.54, 1.807) is 19.9 Å². The zero-order valence-electron chi connectivity index (χ0n) is 8.85. The first-order valence-corrected chi connectivity index (χ1v) is 4.75. The predicted molar refractivity (Wildman–Crippen MR) is 54.3 cm³/mol. The zero-order chi connectivity index (χ0) is 11.7. The van der Waals surface area contributed by atoms with Crippen LogP contribution in [0.5, 0.6) is 0 Å². The van der Waals surface area contributed by atoms with Crippen LogP contribution < -0.4 is 5.56 Å². The smallest absolute Gasteiger partial charge is 0.364 e. The lowest BCUT2D eigenvalue weighted by atomic mass is 10.4. The molecule has 0 atom stereocenters. The monoisotopic (exact) mass is 222 g/mol. The molecule has 0 spiro atoms. The maximum atomic E-state index is 11.8. The Morgan fingerprint density at radius 1 is 1.56 bits per heavy atom. The molecule has 0 unspecified atom stereocenters. The van der Waals surface area contributed by atoms with Gasteiger partial charge in [0.1, 0.15) is 0 Å². The molecule has 0 aliphatic heterocycles. The molecule has 2 rings (SSSR count). The Balaban J connectivity index is 2.60. The minimum absolute atomic E-state index is 0.187. The summed E-state index contributed by atoms with van der Waals surface area (Å²) < 4.78 is 5.86. The molecule has 0 radical (unpaired) electrons. The van der Waals surface area contributed by atoms with Crippen LogP contribution in [0, 0.1) is 6.92 Å². The quantitative estimate of drug-likeness (QED) is 0.717. The molecule has 2 aromatic rings. The number of fused-ring (bicyclic) bond motifs is 1. The zero-order valence-corrected chi connectivity index (χ0v) is 8.85. The van der Waals surface area contributed by atoms with E-state index >= 15 is 0 Å². The Kier molecular flexibility index (Phi) is 2.43. The highest BCUT2D eigenvalue weighted by Gasteiger charge is 2.17. The van der Waals surface area contributed by atoms with Crippen LogP contribution in [-0.4, -0.2) is 32.4 Å². The van der Waals surface area contributed by atoms with Gasteiger partial charge in [-0.2, -0.15) is 4.52 Å². The van der Waals surface area contributed by atoms with Crippen molar-refractivity contribution >= 4 is 11.6 Å². The number of H-pyrrole nitrogens is 1. The Hall–Kier alpha value is -2.18. The highest BCUT2D eigenvalue weighted by Crippen LogP contribution is 1.99. The number of carbonyl (C=O) groups is 1. The molecule has 84 valence electrons. The van der Waals surface area contributed by atoms with E-state index in [-0.39, 0.29) is 12.3 Å². The van der Waals surface area contributed by atoms with E-state index in [9.17, 15) is 9.59 Å². The maximum absolute atomic E-state index is 11.8. The standard InChI is InChI=1S/C9H10N4O3/c1-3-16-9(15)7-8(14)13-6(10-11-7)4-5(2)12-13/h4,12H,3H2,1-2H3. The van der Waals surface area contributed by atoms with E-state index in [0.717, 1.165) is 10.2 Å². The van der Waals surface area contributed by atoms with Crippen molar-refractivity contribution in [1.82, 2.24) is 19.8 Å². The summed E-state index contributed by atoms with van der Waals surface area (Å²) in [5.41, 5.74) is 0.251. The predicted octanol–water partition coefficient (Wildman–Crippen LogP) is -0.0973. The average Bonchev–Trinajstić information content (AvgIpc) is 2.60. The number of esters is 1. The fourth-order valence-corrected chi connectivity index (χ4v) is 1.33. The molecular weight excluding hydrogens is 212 g/mol. The van der Waals surface area contributed by atoms with Gasteiger partial charge in [-0.3, -0.25) is 9.89 Å². The molecule has 0 bridgehead atoms. The fourth-order valence-electron chi connectivity index (χ4n) is 1.33. The van der Waals surface area contributed by atoms with Gasteiger partial charge in [0.2, 0.25) is 5.69 Å². The topological polar surface area (TPSA) is 89.3 Å². The van der Waals surface area contributed by atoms with Gasteiger partial charge in [-0.25, -0.2) is 4.79 Å². The third kappa shape index (κ3) is 1.56. The van der Waals surface area contributed by atoms with E-state index < -0.39 is 11.5 Å². The summed E-state index contributed by atoms with van der Waals surface area (Å²) in [7, 11) is 0. The van der Waals surface area contributed by atoms with E-state index in [2.05, 4.69) is 15.3 Å². The molecule has 16 heavy (non-hydrogen) atoms. The van der Waals surface area contributed by atoms with Crippen LogP contribution in [0.2, 0.25) is 0 Å². The summed E-state index contributed by atoms with van der Waals surface area (Å²) in [5.74, 6) is -0.762. The van der Waals surface area contributed by atoms with Crippen molar-refractivity contribution in [2.24, 2.45) is 0 Å². The second-order valence-corrected chi connectivity index (χ2v) is 3.21. The second kappa shape index (κ2) is 3.76. The van der Waals surface area contributed by atoms with Crippen molar-refractivity contribution in [2.75, 3.05) is 6.61 Å². The molecule has 2 heterocycles. The molecule has 0 saturated heterocycles. The SMILES string of the molecule is CCOC(=O)c1nnc2cc(C)[nH]n2c1=O. The summed E-state index contributed by atoms with van der Waals surface area (Å²) in [6, 6.07) is 1.66. The van der Waals surface area contributed by atoms with Gasteiger partial charge in [0.25, 0.3) is 0 Å². The van der Waals surface area contributed by atoms with Gasteiger partial charge < -0.3 is 4.74 Å². The van der Waals surface area contributed by atoms with Crippen LogP contribution in [0.15, 0.2) is 10.9 Å². The van der Waals surface area contributed by atoms with Crippen LogP contribution in [0.1, 0.15) is 23.1 Å². The van der Waals surface area contributed by atoms with Gasteiger partial charge in [0.05, 0.1) is 6.61 Å². The Bertz CT molecular complexity index is 598. The summed E-state index contributed by atoms with van der Waals surface area (Å²) in [6.07, 6.45) is 0. The number of nitrogens with one attached hydrogen (secondary N) is 1. The normalized spacial score (nSPS) is 10.6. The van der Waals surface area contributed by atoms with Crippen LogP contribution >= 0.6 is 0 Å². The first-order valence-electron chi connectivity index (χ1n) is 4.75. The van der Waals surface area contributed by atoms with Crippen molar-refractivity contribution in [2.45, 2.75) is 13.8 Å². The molecular formula is C9H10N4O3. The van der Waals surface area contributed by atoms with E-state index in [4.69, 9.17) is 4.74 Å². The Labute approximate surface area is 90.0 Å². The first-order chi connectivity index (χ1) is 7.63. The van der Waals surface area contributed by atoms with Gasteiger partial charge in [0.15, 0.2) is 5.65 Å². The van der Waals surface area contributed by atoms with Crippen LogP contribution in [0.25, 0.3) is 5.65 Å². The third-order valence-electron chi connectivity index (χ3n) is 1.99. The molecule has 0 aromatic carbocycles. The lowest BCUT2D eigenvalue weighted by molar-refractivity contribution is 0.0515. The number of aromatic nitrogens is 4. The number of carbonyl (C=O) groups excluding carboxylic acids is 1. The number of aromatic amines is 1. The van der Waals surface area contributed by atoms with Crippen molar-refractivity contribution in [1.29, 1.82) is 0 Å². The number of ether oxygens (including phenoxy) is 1. The van der Waals surface area contributed by atoms with Gasteiger partial charge in [-0.1, -0.05) is 0 Å². The van der Waals surface area contributed by atoms with Crippen LogP contribution in [0.4, 0.5) is 0 Å². The maximum Gasteiger partial charge on any atom is 0.364 e. The molecule has 7 nitrogen and oxygen atoms in total. The molecule has 0 fully saturated rings. The van der Waals surface area contributed by atoms with Crippen LogP contribution in [-0.2, 0) is 4.74 Å². The summed E-state index contributed by atoms with van der Waals surface area (Å²) >= 11 is 0. The Morgan fingerprint density at radius 3 is 3.00 bits per heavy atom. The fraction of sp³-hybridized carbons (Fsp3) is 0.333. The number of nitrogens with zero attached hydrogens (tertiary/aromatic N) is 3. The molecule has 0 amide bonds. The molecule has 0 saturated carbocycles. The molecule has 2 aromatic heterocycles. The minimum Gasteiger partial charge on any atom is -0.461 e. The van der Waals surface area contributed by atoms with Crippen LogP contribution in [0.3, 0.4) is 0 Å². The number of rotatable bonds is 2. The van der Waals surface area contributed by atoms with Gasteiger partial charge in [-0.15, -0.1) is 10.2 Å². The first kappa shape index (κ1) is 10.3. The molecule has 0 aliphatic rings.